The average molecular weight is 240 g/mol. The Morgan fingerprint density at radius 1 is 1.18 bits per heavy atom. The summed E-state index contributed by atoms with van der Waals surface area (Å²) < 4.78 is 0. The predicted molar refractivity (Wildman–Crippen MR) is 76.0 cm³/mol. The van der Waals surface area contributed by atoms with Crippen LogP contribution in [0.15, 0.2) is 0 Å². The average Bonchev–Trinajstić information content (AvgIpc) is 2.25. The van der Waals surface area contributed by atoms with Gasteiger partial charge in [0, 0.05) is 12.6 Å². The van der Waals surface area contributed by atoms with Crippen molar-refractivity contribution in [1.29, 1.82) is 0 Å². The number of rotatable bonds is 4. The van der Waals surface area contributed by atoms with Crippen molar-refractivity contribution in [2.24, 2.45) is 23.0 Å². The van der Waals surface area contributed by atoms with Crippen molar-refractivity contribution in [2.75, 3.05) is 19.6 Å². The molecular weight excluding hydrogens is 208 g/mol. The first-order chi connectivity index (χ1) is 7.83. The van der Waals surface area contributed by atoms with E-state index >= 15 is 0 Å². The van der Waals surface area contributed by atoms with E-state index in [1.54, 1.807) is 0 Å². The lowest BCUT2D eigenvalue weighted by Gasteiger charge is -2.40. The van der Waals surface area contributed by atoms with Crippen LogP contribution in [0.1, 0.15) is 53.9 Å². The van der Waals surface area contributed by atoms with E-state index in [-0.39, 0.29) is 0 Å². The molecule has 1 atom stereocenters. The fourth-order valence-electron chi connectivity index (χ4n) is 3.02. The van der Waals surface area contributed by atoms with Gasteiger partial charge in [0.1, 0.15) is 0 Å². The summed E-state index contributed by atoms with van der Waals surface area (Å²) in [4.78, 5) is 2.63. The van der Waals surface area contributed by atoms with Gasteiger partial charge in [-0.3, -0.25) is 4.90 Å². The van der Waals surface area contributed by atoms with Crippen LogP contribution in [-0.2, 0) is 0 Å². The summed E-state index contributed by atoms with van der Waals surface area (Å²) in [6, 6.07) is 0.586. The number of piperidine rings is 1. The van der Waals surface area contributed by atoms with E-state index in [0.717, 1.165) is 18.4 Å². The molecule has 0 aromatic rings. The van der Waals surface area contributed by atoms with Gasteiger partial charge in [0.25, 0.3) is 0 Å². The zero-order chi connectivity index (χ0) is 13.1. The van der Waals surface area contributed by atoms with E-state index in [9.17, 15) is 0 Å². The molecule has 1 saturated heterocycles. The van der Waals surface area contributed by atoms with Gasteiger partial charge >= 0.3 is 0 Å². The second kappa shape index (κ2) is 6.19. The minimum Gasteiger partial charge on any atom is -0.329 e. The molecule has 0 amide bonds. The molecule has 1 heterocycles. The summed E-state index contributed by atoms with van der Waals surface area (Å²) >= 11 is 0. The van der Waals surface area contributed by atoms with Gasteiger partial charge in [-0.15, -0.1) is 0 Å². The second-order valence-corrected chi connectivity index (χ2v) is 7.27. The zero-order valence-corrected chi connectivity index (χ0v) is 12.5. The van der Waals surface area contributed by atoms with Gasteiger partial charge in [-0.25, -0.2) is 0 Å². The van der Waals surface area contributed by atoms with Crippen molar-refractivity contribution >= 4 is 0 Å². The van der Waals surface area contributed by atoms with E-state index < -0.39 is 0 Å². The van der Waals surface area contributed by atoms with Gasteiger partial charge in [-0.05, 0) is 49.6 Å². The minimum atomic E-state index is 0.388. The monoisotopic (exact) mass is 240 g/mol. The third-order valence-electron chi connectivity index (χ3n) is 4.15. The third kappa shape index (κ3) is 4.97. The molecule has 102 valence electrons. The largest absolute Gasteiger partial charge is 0.329 e. The maximum atomic E-state index is 5.96. The van der Waals surface area contributed by atoms with Gasteiger partial charge < -0.3 is 5.73 Å². The van der Waals surface area contributed by atoms with Crippen LogP contribution >= 0.6 is 0 Å². The van der Waals surface area contributed by atoms with Crippen molar-refractivity contribution in [2.45, 2.75) is 59.9 Å². The summed E-state index contributed by atoms with van der Waals surface area (Å²) in [7, 11) is 0. The predicted octanol–water partition coefficient (Wildman–Crippen LogP) is 3.12. The molecule has 17 heavy (non-hydrogen) atoms. The molecular formula is C15H32N2. The Balaban J connectivity index is 2.45. The maximum absolute atomic E-state index is 5.96. The van der Waals surface area contributed by atoms with Crippen molar-refractivity contribution in [3.8, 4) is 0 Å². The molecule has 2 nitrogen and oxygen atoms in total. The van der Waals surface area contributed by atoms with Crippen LogP contribution in [0.25, 0.3) is 0 Å². The Kier molecular flexibility index (Phi) is 5.46. The van der Waals surface area contributed by atoms with Gasteiger partial charge in [0.2, 0.25) is 0 Å². The number of hydrogen-bond acceptors (Lipinski definition) is 2. The topological polar surface area (TPSA) is 29.3 Å². The van der Waals surface area contributed by atoms with Crippen LogP contribution in [0.2, 0.25) is 0 Å². The Hall–Kier alpha value is -0.0800. The Labute approximate surface area is 108 Å². The van der Waals surface area contributed by atoms with E-state index in [1.165, 1.54) is 32.4 Å². The summed E-state index contributed by atoms with van der Waals surface area (Å²) in [5.74, 6) is 1.77. The molecule has 2 heteroatoms. The Morgan fingerprint density at radius 2 is 1.71 bits per heavy atom. The van der Waals surface area contributed by atoms with Crippen molar-refractivity contribution in [3.05, 3.63) is 0 Å². The molecule has 0 spiro atoms. The van der Waals surface area contributed by atoms with E-state index in [2.05, 4.69) is 39.5 Å². The molecule has 1 aliphatic rings. The highest BCUT2D eigenvalue weighted by Gasteiger charge is 2.28. The maximum Gasteiger partial charge on any atom is 0.0223 e. The van der Waals surface area contributed by atoms with Gasteiger partial charge in [-0.1, -0.05) is 34.6 Å². The highest BCUT2D eigenvalue weighted by atomic mass is 15.2. The van der Waals surface area contributed by atoms with Crippen molar-refractivity contribution in [3.63, 3.8) is 0 Å². The molecule has 0 bridgehead atoms. The Morgan fingerprint density at radius 3 is 2.06 bits per heavy atom. The summed E-state index contributed by atoms with van der Waals surface area (Å²) in [5.41, 5.74) is 6.35. The third-order valence-corrected chi connectivity index (χ3v) is 4.15. The van der Waals surface area contributed by atoms with E-state index in [1.807, 2.05) is 0 Å². The van der Waals surface area contributed by atoms with Crippen LogP contribution < -0.4 is 5.73 Å². The lowest BCUT2D eigenvalue weighted by molar-refractivity contribution is 0.0939. The zero-order valence-electron chi connectivity index (χ0n) is 12.5. The molecule has 1 rings (SSSR count). The highest BCUT2D eigenvalue weighted by molar-refractivity contribution is 4.83. The minimum absolute atomic E-state index is 0.388. The molecule has 0 radical (unpaired) electrons. The number of nitrogens with zero attached hydrogens (tertiary/aromatic N) is 1. The first kappa shape index (κ1) is 15.0. The lowest BCUT2D eigenvalue weighted by Crippen LogP contribution is -2.47. The highest BCUT2D eigenvalue weighted by Crippen LogP contribution is 2.29. The van der Waals surface area contributed by atoms with Crippen LogP contribution in [-0.4, -0.2) is 30.6 Å². The number of likely N-dealkylation sites (tertiary alicyclic amines) is 1. The molecule has 1 fully saturated rings. The number of nitrogens with two attached hydrogens (primary N) is 1. The summed E-state index contributed by atoms with van der Waals surface area (Å²) in [6.07, 6.45) is 3.94. The molecule has 0 aromatic heterocycles. The van der Waals surface area contributed by atoms with Gasteiger partial charge in [0.05, 0.1) is 0 Å². The Bertz CT molecular complexity index is 209. The molecule has 0 aliphatic carbocycles. The smallest absolute Gasteiger partial charge is 0.0223 e. The molecule has 0 aromatic carbocycles. The van der Waals surface area contributed by atoms with E-state index in [4.69, 9.17) is 5.73 Å². The van der Waals surface area contributed by atoms with Gasteiger partial charge in [0.15, 0.2) is 0 Å². The van der Waals surface area contributed by atoms with Crippen LogP contribution in [0, 0.1) is 17.3 Å². The molecule has 1 aliphatic heterocycles. The number of hydrogen-bond donors (Lipinski definition) is 1. The lowest BCUT2D eigenvalue weighted by atomic mass is 9.83. The molecule has 1 unspecified atom stereocenters. The van der Waals surface area contributed by atoms with Crippen LogP contribution in [0.5, 0.6) is 0 Å². The second-order valence-electron chi connectivity index (χ2n) is 7.27. The summed E-state index contributed by atoms with van der Waals surface area (Å²) in [5, 5.41) is 0. The van der Waals surface area contributed by atoms with Crippen LogP contribution in [0.4, 0.5) is 0 Å². The van der Waals surface area contributed by atoms with Crippen molar-refractivity contribution < 1.29 is 0 Å². The fraction of sp³-hybridized carbons (Fsp3) is 1.00. The van der Waals surface area contributed by atoms with E-state index in [0.29, 0.717) is 11.5 Å². The SMILES string of the molecule is CC(C)C1CCN(C(CN)CC(C)(C)C)CC1. The van der Waals surface area contributed by atoms with Crippen LogP contribution in [0.3, 0.4) is 0 Å². The fourth-order valence-corrected chi connectivity index (χ4v) is 3.02. The van der Waals surface area contributed by atoms with Crippen molar-refractivity contribution in [1.82, 2.24) is 4.90 Å². The first-order valence-corrected chi connectivity index (χ1v) is 7.27. The van der Waals surface area contributed by atoms with Gasteiger partial charge in [-0.2, -0.15) is 0 Å². The standard InChI is InChI=1S/C15H32N2/c1-12(2)13-6-8-17(9-7-13)14(11-16)10-15(3,4)5/h12-14H,6-11,16H2,1-5H3. The molecule has 2 N–H and O–H groups in total. The molecule has 0 saturated carbocycles. The summed E-state index contributed by atoms with van der Waals surface area (Å²) in [6.45, 7) is 15.0. The quantitative estimate of drug-likeness (QED) is 0.818. The normalized spacial score (nSPS) is 22.1. The first-order valence-electron chi connectivity index (χ1n) is 7.27.